The van der Waals surface area contributed by atoms with Gasteiger partial charge in [0.1, 0.15) is 11.4 Å². The molecular weight excluding hydrogens is 370 g/mol. The molecule has 0 fully saturated rings. The molecule has 25 heavy (non-hydrogen) atoms. The molecule has 0 saturated heterocycles. The highest BCUT2D eigenvalue weighted by molar-refractivity contribution is 7.92. The number of sulfonamides is 1. The molecule has 2 aromatic heterocycles. The normalized spacial score (nSPS) is 11.3. The summed E-state index contributed by atoms with van der Waals surface area (Å²) in [4.78, 5) is 11.0. The van der Waals surface area contributed by atoms with Crippen molar-refractivity contribution >= 4 is 27.3 Å². The van der Waals surface area contributed by atoms with E-state index in [0.29, 0.717) is 16.5 Å². The third kappa shape index (κ3) is 3.67. The monoisotopic (exact) mass is 381 g/mol. The Balaban J connectivity index is 1.92. The van der Waals surface area contributed by atoms with E-state index in [0.717, 1.165) is 0 Å². The first-order chi connectivity index (χ1) is 11.9. The highest BCUT2D eigenvalue weighted by Gasteiger charge is 2.21. The fourth-order valence-electron chi connectivity index (χ4n) is 2.04. The summed E-state index contributed by atoms with van der Waals surface area (Å²) in [5.74, 6) is 0.497. The minimum Gasteiger partial charge on any atom is -0.495 e. The average Bonchev–Trinajstić information content (AvgIpc) is 3.06. The molecule has 0 saturated carbocycles. The molecule has 0 aliphatic carbocycles. The molecule has 8 nitrogen and oxygen atoms in total. The van der Waals surface area contributed by atoms with E-state index in [-0.39, 0.29) is 22.1 Å². The van der Waals surface area contributed by atoms with Crippen LogP contribution in [0.25, 0.3) is 11.5 Å². The van der Waals surface area contributed by atoms with Crippen molar-refractivity contribution in [2.75, 3.05) is 11.8 Å². The Morgan fingerprint density at radius 1 is 1.20 bits per heavy atom. The Bertz CT molecular complexity index is 1050. The summed E-state index contributed by atoms with van der Waals surface area (Å²) in [5.41, 5.74) is 0.0920. The van der Waals surface area contributed by atoms with Gasteiger partial charge in [-0.3, -0.25) is 9.52 Å². The second-order valence-corrected chi connectivity index (χ2v) is 6.93. The standard InChI is InChI=1S/C15H12ClN3O5S/c1-23-12-4-2-9(16)8-11(12)19-25(21,22)15-7-5-13(24-15)10-3-6-14(20)18-17-10/h2-8,19H,1H3,(H,18,20). The van der Waals surface area contributed by atoms with Gasteiger partial charge in [-0.2, -0.15) is 13.5 Å². The van der Waals surface area contributed by atoms with Gasteiger partial charge >= 0.3 is 0 Å². The summed E-state index contributed by atoms with van der Waals surface area (Å²) in [7, 11) is -2.60. The number of aromatic nitrogens is 2. The number of furan rings is 1. The zero-order valence-corrected chi connectivity index (χ0v) is 14.4. The van der Waals surface area contributed by atoms with Crippen molar-refractivity contribution in [2.24, 2.45) is 0 Å². The van der Waals surface area contributed by atoms with Gasteiger partial charge in [0, 0.05) is 11.1 Å². The maximum Gasteiger partial charge on any atom is 0.295 e. The number of H-pyrrole nitrogens is 1. The first-order valence-corrected chi connectivity index (χ1v) is 8.77. The molecule has 0 radical (unpaired) electrons. The molecular formula is C15H12ClN3O5S. The van der Waals surface area contributed by atoms with Crippen LogP contribution in [0, 0.1) is 0 Å². The van der Waals surface area contributed by atoms with Crippen LogP contribution in [-0.2, 0) is 10.0 Å². The number of nitrogens with one attached hydrogen (secondary N) is 2. The Hall–Kier alpha value is -2.78. The predicted molar refractivity (Wildman–Crippen MR) is 91.4 cm³/mol. The molecule has 0 spiro atoms. The lowest BCUT2D eigenvalue weighted by Crippen LogP contribution is -2.12. The van der Waals surface area contributed by atoms with Gasteiger partial charge in [0.2, 0.25) is 5.09 Å². The van der Waals surface area contributed by atoms with Gasteiger partial charge in [-0.1, -0.05) is 11.6 Å². The largest absolute Gasteiger partial charge is 0.495 e. The summed E-state index contributed by atoms with van der Waals surface area (Å²) in [6, 6.07) is 9.93. The van der Waals surface area contributed by atoms with Gasteiger partial charge in [0.25, 0.3) is 15.6 Å². The predicted octanol–water partition coefficient (Wildman–Crippen LogP) is 2.49. The highest BCUT2D eigenvalue weighted by Crippen LogP contribution is 2.30. The first-order valence-electron chi connectivity index (χ1n) is 6.91. The van der Waals surface area contributed by atoms with E-state index in [1.165, 1.54) is 43.5 Å². The van der Waals surface area contributed by atoms with Crippen molar-refractivity contribution in [3.8, 4) is 17.2 Å². The summed E-state index contributed by atoms with van der Waals surface area (Å²) in [5, 5.41) is 6.05. The third-order valence-electron chi connectivity index (χ3n) is 3.18. The van der Waals surface area contributed by atoms with Crippen molar-refractivity contribution in [1.29, 1.82) is 0 Å². The number of anilines is 1. The molecule has 0 aliphatic rings. The molecule has 0 unspecified atom stereocenters. The van der Waals surface area contributed by atoms with Crippen LogP contribution in [0.15, 0.2) is 56.8 Å². The number of halogens is 1. The first kappa shape index (κ1) is 17.1. The van der Waals surface area contributed by atoms with Gasteiger partial charge in [0.05, 0.1) is 12.8 Å². The fourth-order valence-corrected chi connectivity index (χ4v) is 3.21. The maximum atomic E-state index is 12.5. The van der Waals surface area contributed by atoms with Crippen LogP contribution in [-0.4, -0.2) is 25.7 Å². The van der Waals surface area contributed by atoms with E-state index >= 15 is 0 Å². The average molecular weight is 382 g/mol. The van der Waals surface area contributed by atoms with E-state index in [1.54, 1.807) is 6.07 Å². The summed E-state index contributed by atoms with van der Waals surface area (Å²) in [6.07, 6.45) is 0. The Kier molecular flexibility index (Phi) is 4.51. The molecule has 0 bridgehead atoms. The second kappa shape index (κ2) is 6.61. The molecule has 0 atom stereocenters. The van der Waals surface area contributed by atoms with Crippen LogP contribution < -0.4 is 15.0 Å². The Labute approximate surface area is 147 Å². The number of benzene rings is 1. The van der Waals surface area contributed by atoms with E-state index < -0.39 is 10.0 Å². The number of hydrogen-bond donors (Lipinski definition) is 2. The smallest absolute Gasteiger partial charge is 0.295 e. The van der Waals surface area contributed by atoms with Gasteiger partial charge in [0.15, 0.2) is 5.76 Å². The quantitative estimate of drug-likeness (QED) is 0.701. The SMILES string of the molecule is COc1ccc(Cl)cc1NS(=O)(=O)c1ccc(-c2ccc(=O)[nH]n2)o1. The fraction of sp³-hybridized carbons (Fsp3) is 0.0667. The molecule has 2 N–H and O–H groups in total. The van der Waals surface area contributed by atoms with E-state index in [2.05, 4.69) is 14.9 Å². The maximum absolute atomic E-state index is 12.5. The summed E-state index contributed by atoms with van der Waals surface area (Å²) >= 11 is 5.89. The van der Waals surface area contributed by atoms with Gasteiger partial charge in [-0.15, -0.1) is 0 Å². The Morgan fingerprint density at radius 2 is 2.00 bits per heavy atom. The van der Waals surface area contributed by atoms with Crippen LogP contribution in [0.4, 0.5) is 5.69 Å². The van der Waals surface area contributed by atoms with Crippen LogP contribution in [0.1, 0.15) is 0 Å². The van der Waals surface area contributed by atoms with Crippen molar-refractivity contribution in [2.45, 2.75) is 5.09 Å². The van der Waals surface area contributed by atoms with Crippen molar-refractivity contribution in [3.63, 3.8) is 0 Å². The highest BCUT2D eigenvalue weighted by atomic mass is 35.5. The Morgan fingerprint density at radius 3 is 2.68 bits per heavy atom. The number of ether oxygens (including phenoxy) is 1. The minimum atomic E-state index is -4.01. The lowest BCUT2D eigenvalue weighted by atomic mass is 10.3. The third-order valence-corrected chi connectivity index (χ3v) is 4.66. The minimum absolute atomic E-state index is 0.176. The number of rotatable bonds is 5. The number of aromatic amines is 1. The van der Waals surface area contributed by atoms with Crippen LogP contribution >= 0.6 is 11.6 Å². The van der Waals surface area contributed by atoms with Crippen LogP contribution in [0.3, 0.4) is 0 Å². The zero-order valence-electron chi connectivity index (χ0n) is 12.8. The molecule has 10 heteroatoms. The second-order valence-electron chi connectivity index (χ2n) is 4.88. The van der Waals surface area contributed by atoms with Crippen LogP contribution in [0.5, 0.6) is 5.75 Å². The lowest BCUT2D eigenvalue weighted by molar-refractivity contribution is 0.416. The van der Waals surface area contributed by atoms with E-state index in [1.807, 2.05) is 0 Å². The molecule has 0 amide bonds. The molecule has 3 rings (SSSR count). The lowest BCUT2D eigenvalue weighted by Gasteiger charge is -2.10. The van der Waals surface area contributed by atoms with Crippen molar-refractivity contribution in [1.82, 2.24) is 10.2 Å². The molecule has 3 aromatic rings. The number of hydrogen-bond acceptors (Lipinski definition) is 6. The zero-order chi connectivity index (χ0) is 18.0. The number of methoxy groups -OCH3 is 1. The molecule has 1 aromatic carbocycles. The molecule has 130 valence electrons. The van der Waals surface area contributed by atoms with E-state index in [4.69, 9.17) is 20.8 Å². The topological polar surface area (TPSA) is 114 Å². The van der Waals surface area contributed by atoms with Crippen molar-refractivity contribution in [3.05, 3.63) is 57.8 Å². The van der Waals surface area contributed by atoms with Crippen LogP contribution in [0.2, 0.25) is 5.02 Å². The summed E-state index contributed by atoms with van der Waals surface area (Å²) < 4.78 is 37.8. The van der Waals surface area contributed by atoms with Gasteiger partial charge in [-0.25, -0.2) is 5.10 Å². The van der Waals surface area contributed by atoms with E-state index in [9.17, 15) is 13.2 Å². The number of nitrogens with zero attached hydrogens (tertiary/aromatic N) is 1. The summed E-state index contributed by atoms with van der Waals surface area (Å²) in [6.45, 7) is 0. The van der Waals surface area contributed by atoms with Crippen molar-refractivity contribution < 1.29 is 17.6 Å². The van der Waals surface area contributed by atoms with Gasteiger partial charge < -0.3 is 9.15 Å². The molecule has 2 heterocycles. The molecule has 0 aliphatic heterocycles. The van der Waals surface area contributed by atoms with Gasteiger partial charge in [-0.05, 0) is 36.4 Å².